The van der Waals surface area contributed by atoms with E-state index in [1.54, 1.807) is 0 Å². The van der Waals surface area contributed by atoms with Crippen LogP contribution in [0.5, 0.6) is 5.75 Å². The third kappa shape index (κ3) is 5.05. The summed E-state index contributed by atoms with van der Waals surface area (Å²) >= 11 is 3.53. The lowest BCUT2D eigenvalue weighted by atomic mass is 9.84. The molecule has 0 heterocycles. The van der Waals surface area contributed by atoms with E-state index in [4.69, 9.17) is 11.2 Å². The molecule has 2 nitrogen and oxygen atoms in total. The summed E-state index contributed by atoms with van der Waals surface area (Å²) < 4.78 is 6.70. The molecule has 1 N–H and O–H groups in total. The molecule has 21 heavy (non-hydrogen) atoms. The zero-order valence-electron chi connectivity index (χ0n) is 12.7. The van der Waals surface area contributed by atoms with Gasteiger partial charge in [-0.2, -0.15) is 0 Å². The molecule has 2 unspecified atom stereocenters. The highest BCUT2D eigenvalue weighted by Gasteiger charge is 2.20. The van der Waals surface area contributed by atoms with Gasteiger partial charge >= 0.3 is 0 Å². The van der Waals surface area contributed by atoms with Crippen LogP contribution in [-0.2, 0) is 6.54 Å². The highest BCUT2D eigenvalue weighted by Crippen LogP contribution is 2.28. The van der Waals surface area contributed by atoms with Crippen molar-refractivity contribution in [2.45, 2.75) is 51.6 Å². The summed E-state index contributed by atoms with van der Waals surface area (Å²) in [7, 11) is 0. The van der Waals surface area contributed by atoms with Crippen LogP contribution < -0.4 is 10.1 Å². The van der Waals surface area contributed by atoms with E-state index in [1.165, 1.54) is 37.7 Å². The monoisotopic (exact) mass is 349 g/mol. The Morgan fingerprint density at radius 2 is 2.29 bits per heavy atom. The van der Waals surface area contributed by atoms with Gasteiger partial charge < -0.3 is 10.1 Å². The molecule has 1 aliphatic carbocycles. The predicted molar refractivity (Wildman–Crippen MR) is 91.3 cm³/mol. The van der Waals surface area contributed by atoms with E-state index in [0.717, 1.165) is 22.7 Å². The number of hydrogen-bond donors (Lipinski definition) is 1. The zero-order valence-corrected chi connectivity index (χ0v) is 14.3. The van der Waals surface area contributed by atoms with Crippen LogP contribution >= 0.6 is 15.9 Å². The number of benzene rings is 1. The second-order valence-corrected chi connectivity index (χ2v) is 6.68. The summed E-state index contributed by atoms with van der Waals surface area (Å²) in [5.41, 5.74) is 1.17. The van der Waals surface area contributed by atoms with Crippen molar-refractivity contribution in [3.05, 3.63) is 28.2 Å². The molecule has 0 amide bonds. The van der Waals surface area contributed by atoms with Gasteiger partial charge in [0.1, 0.15) is 12.4 Å². The fraction of sp³-hybridized carbons (Fsp3) is 0.556. The van der Waals surface area contributed by atoms with E-state index in [9.17, 15) is 0 Å². The highest BCUT2D eigenvalue weighted by molar-refractivity contribution is 9.10. The van der Waals surface area contributed by atoms with Crippen LogP contribution in [-0.4, -0.2) is 12.6 Å². The molecule has 1 fully saturated rings. The summed E-state index contributed by atoms with van der Waals surface area (Å²) in [4.78, 5) is 0. The van der Waals surface area contributed by atoms with Crippen molar-refractivity contribution in [1.29, 1.82) is 0 Å². The van der Waals surface area contributed by atoms with Crippen LogP contribution in [0.25, 0.3) is 0 Å². The summed E-state index contributed by atoms with van der Waals surface area (Å²) in [6.45, 7) is 3.45. The average Bonchev–Trinajstić information content (AvgIpc) is 2.52. The molecular weight excluding hydrogens is 326 g/mol. The van der Waals surface area contributed by atoms with E-state index in [-0.39, 0.29) is 0 Å². The standard InChI is InChI=1S/C18H24BrNO/c1-3-10-21-18-9-8-16(19)12-15(18)13-20-17-7-5-6-14(4-2)11-17/h1,8-9,12,14,17,20H,4-7,10-11,13H2,2H3. The van der Waals surface area contributed by atoms with Gasteiger partial charge in [0.2, 0.25) is 0 Å². The largest absolute Gasteiger partial charge is 0.481 e. The minimum absolute atomic E-state index is 0.315. The lowest BCUT2D eigenvalue weighted by Crippen LogP contribution is -2.33. The molecule has 0 spiro atoms. The van der Waals surface area contributed by atoms with Crippen LogP contribution in [0.15, 0.2) is 22.7 Å². The van der Waals surface area contributed by atoms with Gasteiger partial charge in [-0.3, -0.25) is 0 Å². The van der Waals surface area contributed by atoms with E-state index >= 15 is 0 Å². The smallest absolute Gasteiger partial charge is 0.148 e. The van der Waals surface area contributed by atoms with Crippen molar-refractivity contribution in [1.82, 2.24) is 5.32 Å². The summed E-state index contributed by atoms with van der Waals surface area (Å²) in [6, 6.07) is 6.71. The molecule has 1 aliphatic rings. The molecule has 0 radical (unpaired) electrons. The Balaban J connectivity index is 1.95. The van der Waals surface area contributed by atoms with Gasteiger partial charge in [-0.25, -0.2) is 0 Å². The lowest BCUT2D eigenvalue weighted by Gasteiger charge is -2.29. The second kappa shape index (κ2) is 8.46. The van der Waals surface area contributed by atoms with Gasteiger partial charge in [0.15, 0.2) is 0 Å². The Kier molecular flexibility index (Phi) is 6.60. The first kappa shape index (κ1) is 16.4. The summed E-state index contributed by atoms with van der Waals surface area (Å²) in [6.07, 6.45) is 11.9. The molecular formula is C18H24BrNO. The molecule has 1 aromatic carbocycles. The number of hydrogen-bond acceptors (Lipinski definition) is 2. The summed E-state index contributed by atoms with van der Waals surface area (Å²) in [5, 5.41) is 3.69. The van der Waals surface area contributed by atoms with Crippen molar-refractivity contribution in [2.24, 2.45) is 5.92 Å². The molecule has 3 heteroatoms. The number of rotatable bonds is 6. The van der Waals surface area contributed by atoms with Crippen molar-refractivity contribution < 1.29 is 4.74 Å². The molecule has 0 saturated heterocycles. The van der Waals surface area contributed by atoms with Crippen molar-refractivity contribution >= 4 is 15.9 Å². The molecule has 0 bridgehead atoms. The average molecular weight is 350 g/mol. The van der Waals surface area contributed by atoms with Gasteiger partial charge in [-0.1, -0.05) is 48.0 Å². The first-order chi connectivity index (χ1) is 10.2. The van der Waals surface area contributed by atoms with Crippen LogP contribution in [0.1, 0.15) is 44.6 Å². The first-order valence-electron chi connectivity index (χ1n) is 7.81. The Hall–Kier alpha value is -0.980. The Labute approximate surface area is 136 Å². The minimum atomic E-state index is 0.315. The van der Waals surface area contributed by atoms with Crippen molar-refractivity contribution in [3.8, 4) is 18.1 Å². The second-order valence-electron chi connectivity index (χ2n) is 5.76. The number of terminal acetylenes is 1. The SMILES string of the molecule is C#CCOc1ccc(Br)cc1CNC1CCCC(CC)C1. The Bertz CT molecular complexity index is 494. The van der Waals surface area contributed by atoms with Gasteiger partial charge in [0.25, 0.3) is 0 Å². The maximum Gasteiger partial charge on any atom is 0.148 e. The third-order valence-electron chi connectivity index (χ3n) is 4.27. The van der Waals surface area contributed by atoms with Crippen molar-refractivity contribution in [2.75, 3.05) is 6.61 Å². The molecule has 0 aliphatic heterocycles. The Morgan fingerprint density at radius 1 is 1.43 bits per heavy atom. The van der Waals surface area contributed by atoms with E-state index in [1.807, 2.05) is 12.1 Å². The van der Waals surface area contributed by atoms with E-state index in [0.29, 0.717) is 12.6 Å². The quantitative estimate of drug-likeness (QED) is 0.762. The van der Waals surface area contributed by atoms with Gasteiger partial charge in [-0.05, 0) is 37.0 Å². The van der Waals surface area contributed by atoms with Gasteiger partial charge in [0, 0.05) is 22.6 Å². The fourth-order valence-electron chi connectivity index (χ4n) is 3.05. The lowest BCUT2D eigenvalue weighted by molar-refractivity contribution is 0.277. The van der Waals surface area contributed by atoms with Crippen molar-refractivity contribution in [3.63, 3.8) is 0 Å². The van der Waals surface area contributed by atoms with Gasteiger partial charge in [-0.15, -0.1) is 6.42 Å². The zero-order chi connectivity index (χ0) is 15.1. The van der Waals surface area contributed by atoms with Crippen LogP contribution in [0.3, 0.4) is 0 Å². The first-order valence-corrected chi connectivity index (χ1v) is 8.60. The van der Waals surface area contributed by atoms with Crippen LogP contribution in [0.4, 0.5) is 0 Å². The fourth-order valence-corrected chi connectivity index (χ4v) is 3.46. The molecule has 2 rings (SSSR count). The molecule has 2 atom stereocenters. The maximum absolute atomic E-state index is 5.63. The third-order valence-corrected chi connectivity index (χ3v) is 4.77. The highest BCUT2D eigenvalue weighted by atomic mass is 79.9. The number of nitrogens with one attached hydrogen (secondary N) is 1. The maximum atomic E-state index is 5.63. The molecule has 114 valence electrons. The van der Waals surface area contributed by atoms with Gasteiger partial charge in [0.05, 0.1) is 0 Å². The molecule has 0 aromatic heterocycles. The topological polar surface area (TPSA) is 21.3 Å². The van der Waals surface area contributed by atoms with Crippen LogP contribution in [0.2, 0.25) is 0 Å². The van der Waals surface area contributed by atoms with E-state index in [2.05, 4.69) is 40.2 Å². The normalized spacial score (nSPS) is 21.8. The summed E-state index contributed by atoms with van der Waals surface area (Å²) in [5.74, 6) is 4.29. The number of halogens is 1. The Morgan fingerprint density at radius 3 is 3.05 bits per heavy atom. The minimum Gasteiger partial charge on any atom is -0.481 e. The predicted octanol–water partition coefficient (Wildman–Crippen LogP) is 4.52. The number of ether oxygens (including phenoxy) is 1. The molecule has 1 aromatic rings. The van der Waals surface area contributed by atoms with Crippen LogP contribution in [0, 0.1) is 18.3 Å². The molecule has 1 saturated carbocycles. The van der Waals surface area contributed by atoms with E-state index < -0.39 is 0 Å².